The average molecular weight is 289 g/mol. The number of hydrogen-bond acceptors (Lipinski definition) is 3. The zero-order valence-electron chi connectivity index (χ0n) is 14.3. The van der Waals surface area contributed by atoms with Crippen LogP contribution < -0.4 is 0 Å². The normalized spacial score (nSPS) is 13.6. The Bertz CT molecular complexity index is 494. The lowest BCUT2D eigenvalue weighted by molar-refractivity contribution is -0.123. The van der Waals surface area contributed by atoms with Crippen LogP contribution in [0.4, 0.5) is 0 Å². The highest BCUT2D eigenvalue weighted by Gasteiger charge is 2.29. The summed E-state index contributed by atoms with van der Waals surface area (Å²) in [7, 11) is 0. The van der Waals surface area contributed by atoms with Crippen LogP contribution in [-0.2, 0) is 9.59 Å². The van der Waals surface area contributed by atoms with Gasteiger partial charge in [-0.05, 0) is 18.4 Å². The van der Waals surface area contributed by atoms with Gasteiger partial charge in [-0.1, -0.05) is 60.6 Å². The van der Waals surface area contributed by atoms with Gasteiger partial charge in [-0.15, -0.1) is 0 Å². The molecule has 0 saturated heterocycles. The first-order valence-corrected chi connectivity index (χ1v) is 7.29. The number of carbonyl (C=O) groups excluding carboxylic acids is 2. The van der Waals surface area contributed by atoms with E-state index in [2.05, 4.69) is 0 Å². The molecular weight excluding hydrogens is 262 g/mol. The first-order valence-electron chi connectivity index (χ1n) is 7.29. The molecule has 0 bridgehead atoms. The van der Waals surface area contributed by atoms with Crippen molar-refractivity contribution in [1.29, 1.82) is 5.26 Å². The van der Waals surface area contributed by atoms with E-state index in [1.807, 2.05) is 40.7 Å². The number of rotatable bonds is 6. The molecule has 0 aromatic heterocycles. The van der Waals surface area contributed by atoms with Crippen molar-refractivity contribution in [2.45, 2.75) is 54.9 Å². The van der Waals surface area contributed by atoms with Crippen LogP contribution in [0, 0.1) is 28.1 Å². The summed E-state index contributed by atoms with van der Waals surface area (Å²) in [6.07, 6.45) is 5.39. The van der Waals surface area contributed by atoms with E-state index in [-0.39, 0.29) is 23.1 Å². The standard InChI is InChI=1S/C18H27NO2/c1-13(2)11-14(12-19)16(21)18(6,7)10-8-9-15(20)17(3,4)5/h8-9,11,13H,10H2,1-7H3/b9-8+,14-11+. The van der Waals surface area contributed by atoms with Gasteiger partial charge in [-0.25, -0.2) is 0 Å². The van der Waals surface area contributed by atoms with Crippen LogP contribution in [0.2, 0.25) is 0 Å². The molecule has 0 aliphatic carbocycles. The summed E-state index contributed by atoms with van der Waals surface area (Å²) in [5, 5.41) is 9.12. The third kappa shape index (κ3) is 6.53. The van der Waals surface area contributed by atoms with E-state index < -0.39 is 10.8 Å². The number of hydrogen-bond donors (Lipinski definition) is 0. The third-order valence-electron chi connectivity index (χ3n) is 3.12. The summed E-state index contributed by atoms with van der Waals surface area (Å²) < 4.78 is 0. The molecule has 0 atom stereocenters. The fraction of sp³-hybridized carbons (Fsp3) is 0.611. The van der Waals surface area contributed by atoms with Crippen molar-refractivity contribution >= 4 is 11.6 Å². The van der Waals surface area contributed by atoms with E-state index in [1.54, 1.807) is 26.0 Å². The molecule has 0 aliphatic heterocycles. The van der Waals surface area contributed by atoms with Crippen LogP contribution in [0.5, 0.6) is 0 Å². The molecule has 116 valence electrons. The zero-order chi connectivity index (χ0) is 16.8. The second kappa shape index (κ2) is 7.36. The van der Waals surface area contributed by atoms with Gasteiger partial charge in [0.2, 0.25) is 0 Å². The van der Waals surface area contributed by atoms with Crippen LogP contribution in [-0.4, -0.2) is 11.6 Å². The van der Waals surface area contributed by atoms with Crippen LogP contribution in [0.1, 0.15) is 54.9 Å². The van der Waals surface area contributed by atoms with Gasteiger partial charge in [0.05, 0.1) is 5.57 Å². The predicted molar refractivity (Wildman–Crippen MR) is 85.5 cm³/mol. The van der Waals surface area contributed by atoms with Crippen molar-refractivity contribution < 1.29 is 9.59 Å². The Labute approximate surface area is 128 Å². The second-order valence-corrected chi connectivity index (χ2v) is 7.37. The first-order chi connectivity index (χ1) is 9.41. The van der Waals surface area contributed by atoms with E-state index in [9.17, 15) is 9.59 Å². The van der Waals surface area contributed by atoms with Gasteiger partial charge in [-0.3, -0.25) is 9.59 Å². The summed E-state index contributed by atoms with van der Waals surface area (Å²) in [4.78, 5) is 24.2. The minimum absolute atomic E-state index is 0.0315. The van der Waals surface area contributed by atoms with Gasteiger partial charge in [0, 0.05) is 10.8 Å². The van der Waals surface area contributed by atoms with E-state index >= 15 is 0 Å². The number of allylic oxidation sites excluding steroid dienone is 4. The van der Waals surface area contributed by atoms with Gasteiger partial charge >= 0.3 is 0 Å². The van der Waals surface area contributed by atoms with Gasteiger partial charge in [0.15, 0.2) is 11.6 Å². The van der Waals surface area contributed by atoms with Crippen LogP contribution in [0.25, 0.3) is 0 Å². The SMILES string of the molecule is CC(C)/C=C(\C#N)C(=O)C(C)(C)C/C=C/C(=O)C(C)(C)C. The van der Waals surface area contributed by atoms with Crippen molar-refractivity contribution in [2.24, 2.45) is 16.7 Å². The highest BCUT2D eigenvalue weighted by molar-refractivity contribution is 6.03. The van der Waals surface area contributed by atoms with Gasteiger partial charge in [0.1, 0.15) is 6.07 Å². The lowest BCUT2D eigenvalue weighted by Crippen LogP contribution is -2.25. The van der Waals surface area contributed by atoms with Crippen molar-refractivity contribution in [3.8, 4) is 6.07 Å². The number of nitrogens with zero attached hydrogens (tertiary/aromatic N) is 1. The fourth-order valence-electron chi connectivity index (χ4n) is 1.66. The summed E-state index contributed by atoms with van der Waals surface area (Å²) >= 11 is 0. The molecule has 0 unspecified atom stereocenters. The summed E-state index contributed by atoms with van der Waals surface area (Å²) in [6.45, 7) is 13.0. The summed E-state index contributed by atoms with van der Waals surface area (Å²) in [6, 6.07) is 1.98. The molecular formula is C18H27NO2. The third-order valence-corrected chi connectivity index (χ3v) is 3.12. The fourth-order valence-corrected chi connectivity index (χ4v) is 1.66. The quantitative estimate of drug-likeness (QED) is 0.542. The topological polar surface area (TPSA) is 57.9 Å². The number of carbonyl (C=O) groups is 2. The molecule has 0 radical (unpaired) electrons. The van der Waals surface area contributed by atoms with E-state index in [4.69, 9.17) is 5.26 Å². The molecule has 0 rings (SSSR count). The Morgan fingerprint density at radius 2 is 1.67 bits per heavy atom. The van der Waals surface area contributed by atoms with E-state index in [0.717, 1.165) is 0 Å². The maximum atomic E-state index is 12.4. The van der Waals surface area contributed by atoms with Crippen molar-refractivity contribution in [2.75, 3.05) is 0 Å². The lowest BCUT2D eigenvalue weighted by atomic mass is 9.80. The average Bonchev–Trinajstić information content (AvgIpc) is 2.33. The smallest absolute Gasteiger partial charge is 0.178 e. The number of nitriles is 1. The Balaban J connectivity index is 5.00. The maximum Gasteiger partial charge on any atom is 0.178 e. The van der Waals surface area contributed by atoms with Crippen LogP contribution in [0.15, 0.2) is 23.8 Å². The molecule has 0 heterocycles. The van der Waals surface area contributed by atoms with E-state index in [0.29, 0.717) is 6.42 Å². The lowest BCUT2D eigenvalue weighted by Gasteiger charge is -2.21. The van der Waals surface area contributed by atoms with Gasteiger partial charge in [0.25, 0.3) is 0 Å². The molecule has 0 N–H and O–H groups in total. The highest BCUT2D eigenvalue weighted by Crippen LogP contribution is 2.27. The van der Waals surface area contributed by atoms with Crippen molar-refractivity contribution in [3.05, 3.63) is 23.8 Å². The second-order valence-electron chi connectivity index (χ2n) is 7.37. The molecule has 0 aliphatic rings. The molecule has 0 saturated carbocycles. The molecule has 3 nitrogen and oxygen atoms in total. The largest absolute Gasteiger partial charge is 0.294 e. The highest BCUT2D eigenvalue weighted by atomic mass is 16.1. The van der Waals surface area contributed by atoms with Crippen molar-refractivity contribution in [3.63, 3.8) is 0 Å². The first kappa shape index (κ1) is 19.3. The summed E-state index contributed by atoms with van der Waals surface area (Å²) in [5.41, 5.74) is -0.906. The minimum Gasteiger partial charge on any atom is -0.294 e. The monoisotopic (exact) mass is 289 g/mol. The van der Waals surface area contributed by atoms with Crippen molar-refractivity contribution in [1.82, 2.24) is 0 Å². The number of ketones is 2. The maximum absolute atomic E-state index is 12.4. The molecule has 0 aromatic carbocycles. The molecule has 0 spiro atoms. The Hall–Kier alpha value is -1.69. The van der Waals surface area contributed by atoms with Gasteiger partial charge in [-0.2, -0.15) is 5.26 Å². The Morgan fingerprint density at radius 1 is 1.14 bits per heavy atom. The number of Topliss-reactive ketones (excluding diaryl/α,β-unsaturated/α-hetero) is 1. The van der Waals surface area contributed by atoms with Crippen LogP contribution in [0.3, 0.4) is 0 Å². The van der Waals surface area contributed by atoms with Crippen LogP contribution >= 0.6 is 0 Å². The van der Waals surface area contributed by atoms with E-state index in [1.165, 1.54) is 6.08 Å². The summed E-state index contributed by atoms with van der Waals surface area (Å²) in [5.74, 6) is 0.00736. The Kier molecular flexibility index (Phi) is 6.76. The molecule has 0 aromatic rings. The molecule has 3 heteroatoms. The molecule has 21 heavy (non-hydrogen) atoms. The molecule has 0 fully saturated rings. The zero-order valence-corrected chi connectivity index (χ0v) is 14.3. The minimum atomic E-state index is -0.689. The van der Waals surface area contributed by atoms with Gasteiger partial charge < -0.3 is 0 Å². The Morgan fingerprint density at radius 3 is 2.05 bits per heavy atom. The molecule has 0 amide bonds. The predicted octanol–water partition coefficient (Wildman–Crippen LogP) is 4.25.